The molecule has 0 bridgehead atoms. The predicted molar refractivity (Wildman–Crippen MR) is 75.5 cm³/mol. The maximum absolute atomic E-state index is 13.7. The summed E-state index contributed by atoms with van der Waals surface area (Å²) in [5, 5.41) is 11.1. The predicted octanol–water partition coefficient (Wildman–Crippen LogP) is 3.54. The van der Waals surface area contributed by atoms with E-state index in [9.17, 15) is 14.0 Å². The van der Waals surface area contributed by atoms with E-state index in [1.807, 2.05) is 0 Å². The van der Waals surface area contributed by atoms with Crippen molar-refractivity contribution in [2.75, 3.05) is 5.32 Å². The monoisotopic (exact) mass is 337 g/mol. The second kappa shape index (κ2) is 5.83. The number of rotatable bonds is 3. The number of carbonyl (C=O) groups is 2. The molecule has 0 aliphatic heterocycles. The normalized spacial score (nSPS) is 10.1. The van der Waals surface area contributed by atoms with Crippen molar-refractivity contribution in [2.24, 2.45) is 0 Å². The SMILES string of the molecule is O=C(O)c1ccc(NC(=O)c2ccccc2Br)c(F)c1. The summed E-state index contributed by atoms with van der Waals surface area (Å²) in [6.45, 7) is 0. The van der Waals surface area contributed by atoms with E-state index in [2.05, 4.69) is 21.2 Å². The Morgan fingerprint density at radius 3 is 2.45 bits per heavy atom. The zero-order valence-electron chi connectivity index (χ0n) is 10.1. The third-order valence-corrected chi connectivity index (χ3v) is 3.27. The van der Waals surface area contributed by atoms with Gasteiger partial charge in [0.2, 0.25) is 0 Å². The van der Waals surface area contributed by atoms with E-state index < -0.39 is 17.7 Å². The number of hydrogen-bond acceptors (Lipinski definition) is 2. The minimum Gasteiger partial charge on any atom is -0.478 e. The van der Waals surface area contributed by atoms with Crippen molar-refractivity contribution in [1.82, 2.24) is 0 Å². The van der Waals surface area contributed by atoms with Crippen LogP contribution in [0, 0.1) is 5.82 Å². The molecule has 0 unspecified atom stereocenters. The van der Waals surface area contributed by atoms with Crippen LogP contribution in [0.15, 0.2) is 46.9 Å². The van der Waals surface area contributed by atoms with Crippen LogP contribution in [0.1, 0.15) is 20.7 Å². The number of hydrogen-bond donors (Lipinski definition) is 2. The van der Waals surface area contributed by atoms with Crippen molar-refractivity contribution in [3.05, 3.63) is 63.9 Å². The number of aromatic carboxylic acids is 1. The summed E-state index contributed by atoms with van der Waals surface area (Å²) in [6.07, 6.45) is 0. The summed E-state index contributed by atoms with van der Waals surface area (Å²) in [7, 11) is 0. The summed E-state index contributed by atoms with van der Waals surface area (Å²) in [5.41, 5.74) is 0.103. The van der Waals surface area contributed by atoms with Gasteiger partial charge < -0.3 is 10.4 Å². The third kappa shape index (κ3) is 3.03. The van der Waals surface area contributed by atoms with Crippen LogP contribution in [-0.4, -0.2) is 17.0 Å². The number of anilines is 1. The maximum atomic E-state index is 13.7. The zero-order valence-corrected chi connectivity index (χ0v) is 11.6. The van der Waals surface area contributed by atoms with Gasteiger partial charge in [0.15, 0.2) is 0 Å². The van der Waals surface area contributed by atoms with Crippen LogP contribution in [0.5, 0.6) is 0 Å². The molecule has 0 radical (unpaired) electrons. The van der Waals surface area contributed by atoms with E-state index in [1.165, 1.54) is 12.1 Å². The lowest BCUT2D eigenvalue weighted by atomic mass is 10.1. The molecule has 102 valence electrons. The molecule has 20 heavy (non-hydrogen) atoms. The van der Waals surface area contributed by atoms with Crippen molar-refractivity contribution >= 4 is 33.5 Å². The molecule has 0 aliphatic carbocycles. The summed E-state index contributed by atoms with van der Waals surface area (Å²) < 4.78 is 14.3. The Bertz CT molecular complexity index is 688. The van der Waals surface area contributed by atoms with Gasteiger partial charge in [0.05, 0.1) is 16.8 Å². The fourth-order valence-corrected chi connectivity index (χ4v) is 2.05. The number of carboxylic acids is 1. The first-order valence-corrected chi connectivity index (χ1v) is 6.37. The molecule has 1 amide bonds. The lowest BCUT2D eigenvalue weighted by Gasteiger charge is -2.08. The third-order valence-electron chi connectivity index (χ3n) is 2.58. The first-order chi connectivity index (χ1) is 9.49. The second-order valence-corrected chi connectivity index (χ2v) is 4.79. The van der Waals surface area contributed by atoms with E-state index >= 15 is 0 Å². The topological polar surface area (TPSA) is 66.4 Å². The van der Waals surface area contributed by atoms with Crippen LogP contribution in [0.2, 0.25) is 0 Å². The number of benzene rings is 2. The molecule has 2 N–H and O–H groups in total. The van der Waals surface area contributed by atoms with Crippen molar-refractivity contribution in [3.8, 4) is 0 Å². The van der Waals surface area contributed by atoms with Gasteiger partial charge in [0, 0.05) is 4.47 Å². The number of nitrogens with one attached hydrogen (secondary N) is 1. The van der Waals surface area contributed by atoms with E-state index in [1.54, 1.807) is 24.3 Å². The molecule has 0 heterocycles. The van der Waals surface area contributed by atoms with Crippen LogP contribution < -0.4 is 5.32 Å². The average molecular weight is 338 g/mol. The Hall–Kier alpha value is -2.21. The molecule has 0 spiro atoms. The molecule has 4 nitrogen and oxygen atoms in total. The molecule has 0 aliphatic rings. The fraction of sp³-hybridized carbons (Fsp3) is 0. The molecule has 0 saturated carbocycles. The minimum atomic E-state index is -1.23. The van der Waals surface area contributed by atoms with Gasteiger partial charge in [-0.3, -0.25) is 4.79 Å². The van der Waals surface area contributed by atoms with Gasteiger partial charge in [-0.1, -0.05) is 12.1 Å². The summed E-state index contributed by atoms with van der Waals surface area (Å²) in [6, 6.07) is 10.0. The highest BCUT2D eigenvalue weighted by molar-refractivity contribution is 9.10. The molecule has 2 rings (SSSR count). The first-order valence-electron chi connectivity index (χ1n) is 5.58. The van der Waals surface area contributed by atoms with Gasteiger partial charge in [0.25, 0.3) is 5.91 Å². The smallest absolute Gasteiger partial charge is 0.335 e. The quantitative estimate of drug-likeness (QED) is 0.900. The number of carbonyl (C=O) groups excluding carboxylic acids is 1. The lowest BCUT2D eigenvalue weighted by molar-refractivity contribution is 0.0696. The molecule has 6 heteroatoms. The van der Waals surface area contributed by atoms with Crippen LogP contribution in [-0.2, 0) is 0 Å². The number of carboxylic acid groups (broad SMARTS) is 1. The van der Waals surface area contributed by atoms with Gasteiger partial charge in [0.1, 0.15) is 5.82 Å². The Labute approximate surface area is 122 Å². The Morgan fingerprint density at radius 2 is 1.85 bits per heavy atom. The fourth-order valence-electron chi connectivity index (χ4n) is 1.58. The van der Waals surface area contributed by atoms with E-state index in [0.717, 1.165) is 6.07 Å². The highest BCUT2D eigenvalue weighted by atomic mass is 79.9. The standard InChI is InChI=1S/C14H9BrFNO3/c15-10-4-2-1-3-9(10)13(18)17-12-6-5-8(14(19)20)7-11(12)16/h1-7H,(H,17,18)(H,19,20). The number of halogens is 2. The molecule has 2 aromatic carbocycles. The highest BCUT2D eigenvalue weighted by Crippen LogP contribution is 2.20. The van der Waals surface area contributed by atoms with Crippen LogP contribution >= 0.6 is 15.9 Å². The van der Waals surface area contributed by atoms with E-state index in [4.69, 9.17) is 5.11 Å². The average Bonchev–Trinajstić information content (AvgIpc) is 2.41. The Morgan fingerprint density at radius 1 is 1.15 bits per heavy atom. The summed E-state index contributed by atoms with van der Waals surface area (Å²) in [5.74, 6) is -2.52. The number of amides is 1. The molecule has 2 aromatic rings. The van der Waals surface area contributed by atoms with Gasteiger partial charge in [-0.05, 0) is 46.3 Å². The van der Waals surface area contributed by atoms with E-state index in [0.29, 0.717) is 10.0 Å². The summed E-state index contributed by atoms with van der Waals surface area (Å²) in [4.78, 5) is 22.7. The Balaban J connectivity index is 2.25. The molecule has 0 aromatic heterocycles. The van der Waals surface area contributed by atoms with Crippen molar-refractivity contribution < 1.29 is 19.1 Å². The Kier molecular flexibility index (Phi) is 4.14. The van der Waals surface area contributed by atoms with Gasteiger partial charge >= 0.3 is 5.97 Å². The van der Waals surface area contributed by atoms with Crippen LogP contribution in [0.4, 0.5) is 10.1 Å². The first kappa shape index (κ1) is 14.2. The molecule has 0 fully saturated rings. The largest absolute Gasteiger partial charge is 0.478 e. The zero-order chi connectivity index (χ0) is 14.7. The second-order valence-electron chi connectivity index (χ2n) is 3.93. The highest BCUT2D eigenvalue weighted by Gasteiger charge is 2.13. The summed E-state index contributed by atoms with van der Waals surface area (Å²) >= 11 is 3.23. The van der Waals surface area contributed by atoms with Gasteiger partial charge in [-0.25, -0.2) is 9.18 Å². The van der Waals surface area contributed by atoms with Gasteiger partial charge in [-0.2, -0.15) is 0 Å². The van der Waals surface area contributed by atoms with Crippen molar-refractivity contribution in [2.45, 2.75) is 0 Å². The van der Waals surface area contributed by atoms with Crippen LogP contribution in [0.3, 0.4) is 0 Å². The van der Waals surface area contributed by atoms with Crippen molar-refractivity contribution in [3.63, 3.8) is 0 Å². The molecular formula is C14H9BrFNO3. The van der Waals surface area contributed by atoms with Gasteiger partial charge in [-0.15, -0.1) is 0 Å². The van der Waals surface area contributed by atoms with Crippen LogP contribution in [0.25, 0.3) is 0 Å². The maximum Gasteiger partial charge on any atom is 0.335 e. The molecular weight excluding hydrogens is 329 g/mol. The van der Waals surface area contributed by atoms with E-state index in [-0.39, 0.29) is 11.3 Å². The lowest BCUT2D eigenvalue weighted by Crippen LogP contribution is -2.14. The molecule has 0 atom stereocenters. The minimum absolute atomic E-state index is 0.0734. The van der Waals surface area contributed by atoms with Crippen molar-refractivity contribution in [1.29, 1.82) is 0 Å². The molecule has 0 saturated heterocycles.